The van der Waals surface area contributed by atoms with Crippen molar-refractivity contribution in [1.29, 1.82) is 0 Å². The summed E-state index contributed by atoms with van der Waals surface area (Å²) in [5, 5.41) is 4.87. The largest absolute Gasteiger partial charge is 0.455 e. The molecule has 2 nitrogen and oxygen atoms in total. The number of aryl methyl sites for hydroxylation is 3. The summed E-state index contributed by atoms with van der Waals surface area (Å²) in [4.78, 5) is 0. The first kappa shape index (κ1) is 22.3. The predicted octanol–water partition coefficient (Wildman–Crippen LogP) is 8.45. The van der Waals surface area contributed by atoms with Crippen LogP contribution >= 0.6 is 0 Å². The quantitative estimate of drug-likeness (QED) is 0.241. The summed E-state index contributed by atoms with van der Waals surface area (Å²) in [6.45, 7) is 14.3. The van der Waals surface area contributed by atoms with Crippen LogP contribution in [0.1, 0.15) is 69.7 Å². The molecular weight excluding hydrogens is 426 g/mol. The van der Waals surface area contributed by atoms with E-state index in [-0.39, 0.29) is 10.8 Å². The molecule has 178 valence electrons. The van der Waals surface area contributed by atoms with E-state index in [0.717, 1.165) is 17.6 Å². The lowest BCUT2D eigenvalue weighted by Gasteiger charge is -2.42. The van der Waals surface area contributed by atoms with E-state index >= 15 is 0 Å². The topological polar surface area (TPSA) is 17.0 Å². The second kappa shape index (κ2) is 7.43. The molecule has 2 heteroatoms. The first-order valence-electron chi connectivity index (χ1n) is 13.0. The standard InChI is InChI=1S/C33H36NO/c1-8-21-19-34(7)30(29-28(21)32(3,4)15-16-33(29,5)6)27-20(2)13-14-24-25-17-22-11-9-10-12-23(22)18-26(25)35-31(24)27/h9-14,17-19H,8,15-16H2,1-7H3/q+1. The minimum Gasteiger partial charge on any atom is -0.455 e. The van der Waals surface area contributed by atoms with E-state index in [2.05, 4.69) is 108 Å². The Balaban J connectivity index is 1.77. The Morgan fingerprint density at radius 1 is 0.857 bits per heavy atom. The van der Waals surface area contributed by atoms with E-state index in [1.54, 1.807) is 5.56 Å². The number of fused-ring (bicyclic) bond motifs is 5. The van der Waals surface area contributed by atoms with Crippen LogP contribution in [0, 0.1) is 6.92 Å². The summed E-state index contributed by atoms with van der Waals surface area (Å²) in [5.74, 6) is 0. The zero-order valence-electron chi connectivity index (χ0n) is 22.2. The van der Waals surface area contributed by atoms with Gasteiger partial charge in [-0.3, -0.25) is 0 Å². The first-order valence-corrected chi connectivity index (χ1v) is 13.0. The third-order valence-corrected chi connectivity index (χ3v) is 8.57. The Kier molecular flexibility index (Phi) is 4.75. The molecule has 0 bridgehead atoms. The van der Waals surface area contributed by atoms with Gasteiger partial charge in [0, 0.05) is 21.9 Å². The van der Waals surface area contributed by atoms with E-state index < -0.39 is 0 Å². The molecule has 1 aliphatic carbocycles. The normalized spacial score (nSPS) is 16.8. The molecule has 0 spiro atoms. The Morgan fingerprint density at radius 3 is 2.20 bits per heavy atom. The molecule has 5 aromatic rings. The van der Waals surface area contributed by atoms with Gasteiger partial charge in [0.15, 0.2) is 6.20 Å². The highest BCUT2D eigenvalue weighted by atomic mass is 16.3. The number of rotatable bonds is 2. The van der Waals surface area contributed by atoms with Crippen molar-refractivity contribution in [2.24, 2.45) is 7.05 Å². The molecule has 0 aliphatic heterocycles. The van der Waals surface area contributed by atoms with Crippen LogP contribution in [0.3, 0.4) is 0 Å². The van der Waals surface area contributed by atoms with Gasteiger partial charge in [0.2, 0.25) is 5.69 Å². The fourth-order valence-electron chi connectivity index (χ4n) is 6.61. The van der Waals surface area contributed by atoms with Gasteiger partial charge in [-0.25, -0.2) is 4.57 Å². The van der Waals surface area contributed by atoms with E-state index in [4.69, 9.17) is 4.42 Å². The molecular formula is C33H36NO+. The maximum Gasteiger partial charge on any atom is 0.220 e. The van der Waals surface area contributed by atoms with Crippen LogP contribution in [0.15, 0.2) is 59.1 Å². The summed E-state index contributed by atoms with van der Waals surface area (Å²) in [7, 11) is 2.22. The fraction of sp³-hybridized carbons (Fsp3) is 0.364. The molecule has 0 atom stereocenters. The van der Waals surface area contributed by atoms with Gasteiger partial charge in [0.1, 0.15) is 18.2 Å². The highest BCUT2D eigenvalue weighted by Gasteiger charge is 2.44. The van der Waals surface area contributed by atoms with Crippen molar-refractivity contribution in [2.45, 2.75) is 71.6 Å². The predicted molar refractivity (Wildman–Crippen MR) is 147 cm³/mol. The maximum absolute atomic E-state index is 6.74. The van der Waals surface area contributed by atoms with E-state index in [9.17, 15) is 0 Å². The molecule has 0 N–H and O–H groups in total. The maximum atomic E-state index is 6.74. The van der Waals surface area contributed by atoms with Gasteiger partial charge >= 0.3 is 0 Å². The average molecular weight is 463 g/mol. The molecule has 0 amide bonds. The monoisotopic (exact) mass is 462 g/mol. The molecule has 2 heterocycles. The summed E-state index contributed by atoms with van der Waals surface area (Å²) in [6.07, 6.45) is 5.84. The third kappa shape index (κ3) is 3.19. The first-order chi connectivity index (χ1) is 16.6. The van der Waals surface area contributed by atoms with Gasteiger partial charge < -0.3 is 4.42 Å². The Morgan fingerprint density at radius 2 is 1.51 bits per heavy atom. The van der Waals surface area contributed by atoms with Crippen molar-refractivity contribution in [3.63, 3.8) is 0 Å². The highest BCUT2D eigenvalue weighted by molar-refractivity contribution is 6.13. The molecule has 3 aromatic carbocycles. The Bertz CT molecular complexity index is 1650. The van der Waals surface area contributed by atoms with Crippen LogP contribution in [0.2, 0.25) is 0 Å². The minimum absolute atomic E-state index is 0.0957. The Labute approximate surface area is 208 Å². The molecule has 0 unspecified atom stereocenters. The summed E-state index contributed by atoms with van der Waals surface area (Å²) >= 11 is 0. The average Bonchev–Trinajstić information content (AvgIpc) is 3.17. The van der Waals surface area contributed by atoms with Gasteiger partial charge in [0.25, 0.3) is 0 Å². The zero-order chi connectivity index (χ0) is 24.7. The summed E-state index contributed by atoms with van der Waals surface area (Å²) in [6, 6.07) is 17.6. The van der Waals surface area contributed by atoms with Crippen molar-refractivity contribution in [2.75, 3.05) is 0 Å². The van der Waals surface area contributed by atoms with E-state index in [1.807, 2.05) is 0 Å². The second-order valence-electron chi connectivity index (χ2n) is 11.9. The molecule has 35 heavy (non-hydrogen) atoms. The van der Waals surface area contributed by atoms with Crippen molar-refractivity contribution in [3.05, 3.63) is 77.0 Å². The van der Waals surface area contributed by atoms with Crippen LogP contribution < -0.4 is 4.57 Å². The SMILES string of the molecule is CCc1c[n+](C)c(-c2c(C)ccc3c2oc2cc4ccccc4cc23)c2c1C(C)(C)CCC2(C)C. The fourth-order valence-corrected chi connectivity index (χ4v) is 6.61. The highest BCUT2D eigenvalue weighted by Crippen LogP contribution is 2.51. The van der Waals surface area contributed by atoms with Gasteiger partial charge in [-0.2, -0.15) is 0 Å². The molecule has 0 saturated heterocycles. The molecule has 1 aliphatic rings. The van der Waals surface area contributed by atoms with Crippen molar-refractivity contribution < 1.29 is 8.98 Å². The summed E-state index contributed by atoms with van der Waals surface area (Å²) in [5.41, 5.74) is 10.6. The van der Waals surface area contributed by atoms with Crippen LogP contribution in [0.5, 0.6) is 0 Å². The lowest BCUT2D eigenvalue weighted by Crippen LogP contribution is -2.43. The second-order valence-corrected chi connectivity index (χ2v) is 11.9. The molecule has 0 radical (unpaired) electrons. The number of hydrogen-bond acceptors (Lipinski definition) is 1. The molecule has 2 aromatic heterocycles. The van der Waals surface area contributed by atoms with Crippen molar-refractivity contribution in [1.82, 2.24) is 0 Å². The third-order valence-electron chi connectivity index (χ3n) is 8.57. The number of pyridine rings is 1. The van der Waals surface area contributed by atoms with Gasteiger partial charge in [-0.1, -0.05) is 71.0 Å². The number of furan rings is 1. The Hall–Kier alpha value is -3.13. The van der Waals surface area contributed by atoms with Gasteiger partial charge in [-0.05, 0) is 71.0 Å². The molecule has 0 saturated carbocycles. The van der Waals surface area contributed by atoms with Gasteiger partial charge in [0.05, 0.1) is 5.56 Å². The number of aromatic nitrogens is 1. The lowest BCUT2D eigenvalue weighted by molar-refractivity contribution is -0.661. The van der Waals surface area contributed by atoms with Crippen LogP contribution in [0.4, 0.5) is 0 Å². The zero-order valence-corrected chi connectivity index (χ0v) is 22.2. The molecule has 0 fully saturated rings. The molecule has 6 rings (SSSR count). The summed E-state index contributed by atoms with van der Waals surface area (Å²) < 4.78 is 9.12. The lowest BCUT2D eigenvalue weighted by atomic mass is 9.61. The van der Waals surface area contributed by atoms with E-state index in [1.165, 1.54) is 62.3 Å². The van der Waals surface area contributed by atoms with Crippen molar-refractivity contribution >= 4 is 32.7 Å². The smallest absolute Gasteiger partial charge is 0.220 e. The van der Waals surface area contributed by atoms with Crippen LogP contribution in [-0.2, 0) is 24.3 Å². The van der Waals surface area contributed by atoms with Gasteiger partial charge in [-0.15, -0.1) is 0 Å². The van der Waals surface area contributed by atoms with Crippen LogP contribution in [-0.4, -0.2) is 0 Å². The number of benzene rings is 3. The minimum atomic E-state index is 0.0957. The number of hydrogen-bond donors (Lipinski definition) is 0. The van der Waals surface area contributed by atoms with E-state index in [0.29, 0.717) is 0 Å². The number of nitrogens with zero attached hydrogens (tertiary/aromatic N) is 1. The van der Waals surface area contributed by atoms with Crippen LogP contribution in [0.25, 0.3) is 44.0 Å². The van der Waals surface area contributed by atoms with Crippen molar-refractivity contribution in [3.8, 4) is 11.3 Å².